The highest BCUT2D eigenvalue weighted by Gasteiger charge is 2.39. The third kappa shape index (κ3) is 6.85. The maximum atomic E-state index is 12.9. The summed E-state index contributed by atoms with van der Waals surface area (Å²) in [7, 11) is 0. The highest BCUT2D eigenvalue weighted by Crippen LogP contribution is 2.30. The van der Waals surface area contributed by atoms with Crippen molar-refractivity contribution in [2.45, 2.75) is 44.6 Å². The maximum absolute atomic E-state index is 12.9. The Kier molecular flexibility index (Phi) is 8.03. The molecule has 1 fully saturated rings. The van der Waals surface area contributed by atoms with Crippen LogP contribution in [0.5, 0.6) is 0 Å². The minimum absolute atomic E-state index is 0.00801. The van der Waals surface area contributed by atoms with E-state index in [1.807, 2.05) is 12.1 Å². The van der Waals surface area contributed by atoms with Crippen LogP contribution >= 0.6 is 0 Å². The molecule has 8 nitrogen and oxygen atoms in total. The van der Waals surface area contributed by atoms with Gasteiger partial charge in [0, 0.05) is 42.6 Å². The number of imidazole rings is 1. The van der Waals surface area contributed by atoms with Gasteiger partial charge in [0.15, 0.2) is 0 Å². The van der Waals surface area contributed by atoms with E-state index in [4.69, 9.17) is 9.90 Å². The van der Waals surface area contributed by atoms with E-state index in [9.17, 15) is 22.8 Å². The largest absolute Gasteiger partial charge is 0.490 e. The third-order valence-electron chi connectivity index (χ3n) is 5.87. The number of alkyl halides is 3. The number of carboxylic acids is 1. The van der Waals surface area contributed by atoms with Crippen LogP contribution in [0.1, 0.15) is 36.2 Å². The van der Waals surface area contributed by atoms with Crippen LogP contribution in [0.2, 0.25) is 0 Å². The average molecular weight is 505 g/mol. The predicted octanol–water partition coefficient (Wildman–Crippen LogP) is 3.58. The van der Waals surface area contributed by atoms with E-state index in [2.05, 4.69) is 53.3 Å². The number of benzene rings is 2. The first-order valence-electron chi connectivity index (χ1n) is 11.1. The van der Waals surface area contributed by atoms with Gasteiger partial charge in [0.05, 0.1) is 5.69 Å². The number of likely N-dealkylation sites (tertiary alicyclic amines) is 1. The number of nitrogens with zero attached hydrogens (tertiary/aromatic N) is 2. The van der Waals surface area contributed by atoms with E-state index in [-0.39, 0.29) is 23.2 Å². The van der Waals surface area contributed by atoms with Crippen molar-refractivity contribution in [2.24, 2.45) is 0 Å². The molecule has 1 unspecified atom stereocenters. The molecule has 2 heterocycles. The number of carbonyl (C=O) groups is 2. The molecular formula is C25H27F3N4O4. The SMILES string of the molecule is CC1(C)CC(NC(=O)c2cccc(-n3cc[nH]c3=O)c2)CN1Cc1ccccc1.O=C(O)C(F)(F)F. The Hall–Kier alpha value is -3.86. The standard InChI is InChI=1S/C23H26N4O2.C2HF3O2/c1-23(2)14-19(16-26(23)15-17-7-4-3-5-8-17)25-21(28)18-9-6-10-20(13-18)27-12-11-24-22(27)29;3-2(4,5)1(6)7/h3-13,19H,14-16H2,1-2H3,(H,24,29)(H,25,28);(H,6,7). The monoisotopic (exact) mass is 504 g/mol. The number of aromatic amines is 1. The number of rotatable bonds is 5. The Morgan fingerprint density at radius 1 is 1.14 bits per heavy atom. The molecule has 1 saturated heterocycles. The van der Waals surface area contributed by atoms with Crippen LogP contribution in [0.25, 0.3) is 5.69 Å². The van der Waals surface area contributed by atoms with Crippen molar-refractivity contribution >= 4 is 11.9 Å². The average Bonchev–Trinajstić information content (AvgIpc) is 3.36. The van der Waals surface area contributed by atoms with Crippen LogP contribution in [-0.2, 0) is 11.3 Å². The zero-order chi connectivity index (χ0) is 26.5. The second-order valence-corrected chi connectivity index (χ2v) is 9.04. The molecule has 3 aromatic rings. The third-order valence-corrected chi connectivity index (χ3v) is 5.87. The summed E-state index contributed by atoms with van der Waals surface area (Å²) in [6.07, 6.45) is -0.958. The Bertz CT molecular complexity index is 1250. The molecule has 1 aliphatic rings. The lowest BCUT2D eigenvalue weighted by molar-refractivity contribution is -0.192. The van der Waals surface area contributed by atoms with Gasteiger partial charge >= 0.3 is 17.8 Å². The van der Waals surface area contributed by atoms with Gasteiger partial charge in [-0.05, 0) is 44.0 Å². The number of hydrogen-bond donors (Lipinski definition) is 3. The van der Waals surface area contributed by atoms with Crippen molar-refractivity contribution in [3.8, 4) is 5.69 Å². The fourth-order valence-electron chi connectivity index (χ4n) is 4.08. The number of aliphatic carboxylic acids is 1. The van der Waals surface area contributed by atoms with Crippen molar-refractivity contribution in [2.75, 3.05) is 6.54 Å². The molecule has 2 aromatic carbocycles. The zero-order valence-electron chi connectivity index (χ0n) is 19.7. The molecular weight excluding hydrogens is 477 g/mol. The summed E-state index contributed by atoms with van der Waals surface area (Å²) >= 11 is 0. The van der Waals surface area contributed by atoms with Crippen molar-refractivity contribution in [3.63, 3.8) is 0 Å². The molecule has 3 N–H and O–H groups in total. The number of halogens is 3. The summed E-state index contributed by atoms with van der Waals surface area (Å²) in [6.45, 7) is 6.12. The molecule has 0 radical (unpaired) electrons. The molecule has 0 saturated carbocycles. The normalized spacial score (nSPS) is 17.2. The minimum Gasteiger partial charge on any atom is -0.475 e. The van der Waals surface area contributed by atoms with Gasteiger partial charge in [0.25, 0.3) is 5.91 Å². The van der Waals surface area contributed by atoms with E-state index in [0.717, 1.165) is 19.5 Å². The summed E-state index contributed by atoms with van der Waals surface area (Å²) in [6, 6.07) is 17.6. The first-order valence-corrected chi connectivity index (χ1v) is 11.1. The van der Waals surface area contributed by atoms with Crippen LogP contribution < -0.4 is 11.0 Å². The van der Waals surface area contributed by atoms with Crippen molar-refractivity contribution < 1.29 is 27.9 Å². The number of nitrogens with one attached hydrogen (secondary N) is 2. The second kappa shape index (κ2) is 10.8. The number of H-pyrrole nitrogens is 1. The first kappa shape index (κ1) is 26.7. The molecule has 1 atom stereocenters. The molecule has 192 valence electrons. The quantitative estimate of drug-likeness (QED) is 0.493. The summed E-state index contributed by atoms with van der Waals surface area (Å²) < 4.78 is 33.2. The summed E-state index contributed by atoms with van der Waals surface area (Å²) in [4.78, 5) is 38.6. The number of carbonyl (C=O) groups excluding carboxylic acids is 1. The van der Waals surface area contributed by atoms with Crippen molar-refractivity contribution in [1.82, 2.24) is 19.8 Å². The van der Waals surface area contributed by atoms with E-state index < -0.39 is 12.1 Å². The van der Waals surface area contributed by atoms with Gasteiger partial charge in [-0.3, -0.25) is 14.3 Å². The summed E-state index contributed by atoms with van der Waals surface area (Å²) in [5, 5.41) is 10.3. The fourth-order valence-corrected chi connectivity index (χ4v) is 4.08. The smallest absolute Gasteiger partial charge is 0.475 e. The Balaban J connectivity index is 0.000000454. The molecule has 4 rings (SSSR count). The number of carboxylic acid groups (broad SMARTS) is 1. The lowest BCUT2D eigenvalue weighted by Crippen LogP contribution is -2.38. The van der Waals surface area contributed by atoms with E-state index in [1.54, 1.807) is 30.6 Å². The highest BCUT2D eigenvalue weighted by molar-refractivity contribution is 5.95. The Morgan fingerprint density at radius 3 is 2.39 bits per heavy atom. The van der Waals surface area contributed by atoms with Gasteiger partial charge < -0.3 is 15.4 Å². The lowest BCUT2D eigenvalue weighted by Gasteiger charge is -2.31. The molecule has 1 aliphatic heterocycles. The topological polar surface area (TPSA) is 107 Å². The maximum Gasteiger partial charge on any atom is 0.490 e. The minimum atomic E-state index is -5.08. The lowest BCUT2D eigenvalue weighted by atomic mass is 9.99. The van der Waals surface area contributed by atoms with Crippen LogP contribution in [-0.4, -0.2) is 55.7 Å². The zero-order valence-corrected chi connectivity index (χ0v) is 19.7. The second-order valence-electron chi connectivity index (χ2n) is 9.04. The molecule has 1 amide bonds. The predicted molar refractivity (Wildman–Crippen MR) is 127 cm³/mol. The summed E-state index contributed by atoms with van der Waals surface area (Å²) in [5.74, 6) is -2.87. The van der Waals surface area contributed by atoms with Gasteiger partial charge in [-0.2, -0.15) is 13.2 Å². The van der Waals surface area contributed by atoms with Gasteiger partial charge in [0.2, 0.25) is 0 Å². The highest BCUT2D eigenvalue weighted by atomic mass is 19.4. The van der Waals surface area contributed by atoms with Crippen molar-refractivity contribution in [3.05, 3.63) is 88.6 Å². The van der Waals surface area contributed by atoms with E-state index >= 15 is 0 Å². The number of amides is 1. The first-order chi connectivity index (χ1) is 16.9. The van der Waals surface area contributed by atoms with Gasteiger partial charge in [0.1, 0.15) is 0 Å². The van der Waals surface area contributed by atoms with Crippen LogP contribution in [0.4, 0.5) is 13.2 Å². The molecule has 0 bridgehead atoms. The Labute approximate surface area is 205 Å². The molecule has 0 aliphatic carbocycles. The number of aromatic nitrogens is 2. The van der Waals surface area contributed by atoms with Crippen LogP contribution in [0, 0.1) is 0 Å². The summed E-state index contributed by atoms with van der Waals surface area (Å²) in [5.41, 5.74) is 2.28. The number of hydrogen-bond acceptors (Lipinski definition) is 4. The van der Waals surface area contributed by atoms with Crippen LogP contribution in [0.15, 0.2) is 71.8 Å². The molecule has 36 heavy (non-hydrogen) atoms. The van der Waals surface area contributed by atoms with E-state index in [0.29, 0.717) is 11.3 Å². The van der Waals surface area contributed by atoms with Gasteiger partial charge in [-0.25, -0.2) is 9.59 Å². The molecule has 0 spiro atoms. The molecule has 11 heteroatoms. The van der Waals surface area contributed by atoms with Gasteiger partial charge in [-0.1, -0.05) is 36.4 Å². The van der Waals surface area contributed by atoms with E-state index in [1.165, 1.54) is 10.1 Å². The van der Waals surface area contributed by atoms with Gasteiger partial charge in [-0.15, -0.1) is 0 Å². The van der Waals surface area contributed by atoms with Crippen molar-refractivity contribution in [1.29, 1.82) is 0 Å². The fraction of sp³-hybridized carbons (Fsp3) is 0.320. The molecule has 1 aromatic heterocycles. The Morgan fingerprint density at radius 2 is 1.81 bits per heavy atom. The van der Waals surface area contributed by atoms with Crippen LogP contribution in [0.3, 0.4) is 0 Å².